The number of para-hydroxylation sites is 1. The summed E-state index contributed by atoms with van der Waals surface area (Å²) in [5.41, 5.74) is 2.69. The van der Waals surface area contributed by atoms with Gasteiger partial charge in [0, 0.05) is 18.2 Å². The van der Waals surface area contributed by atoms with E-state index in [-0.39, 0.29) is 12.5 Å². The van der Waals surface area contributed by atoms with Gasteiger partial charge in [0.25, 0.3) is 5.91 Å². The highest BCUT2D eigenvalue weighted by Gasteiger charge is 2.25. The normalized spacial score (nSPS) is 12.2. The lowest BCUT2D eigenvalue weighted by Crippen LogP contribution is -2.25. The fourth-order valence-electron chi connectivity index (χ4n) is 2.58. The van der Waals surface area contributed by atoms with Crippen LogP contribution in [0, 0.1) is 5.92 Å². The number of aliphatic imine (C=N–C) groups is 2. The molecule has 0 heterocycles. The minimum Gasteiger partial charge on any atom is -0.465 e. The van der Waals surface area contributed by atoms with Crippen LogP contribution >= 0.6 is 0 Å². The van der Waals surface area contributed by atoms with E-state index in [1.165, 1.54) is 0 Å². The minimum atomic E-state index is -0.648. The largest absolute Gasteiger partial charge is 0.465 e. The van der Waals surface area contributed by atoms with Gasteiger partial charge in [-0.05, 0) is 50.9 Å². The number of nitrogens with one attached hydrogen (secondary N) is 1. The highest BCUT2D eigenvalue weighted by atomic mass is 16.5. The van der Waals surface area contributed by atoms with Gasteiger partial charge >= 0.3 is 5.97 Å². The molecule has 0 aliphatic heterocycles. The number of rotatable bonds is 7. The molecule has 0 saturated heterocycles. The molecule has 0 aliphatic rings. The lowest BCUT2D eigenvalue weighted by Gasteiger charge is -2.17. The molecule has 0 saturated carbocycles. The molecule has 140 valence electrons. The zero-order chi connectivity index (χ0) is 19.8. The molecular weight excluding hydrogens is 342 g/mol. The summed E-state index contributed by atoms with van der Waals surface area (Å²) in [7, 11) is 1.56. The van der Waals surface area contributed by atoms with Gasteiger partial charge in [-0.3, -0.25) is 19.6 Å². The molecule has 1 amide bonds. The van der Waals surface area contributed by atoms with Crippen molar-refractivity contribution in [1.82, 2.24) is 5.32 Å². The molecule has 0 fully saturated rings. The Morgan fingerprint density at radius 2 is 1.89 bits per heavy atom. The van der Waals surface area contributed by atoms with Crippen LogP contribution in [0.1, 0.15) is 29.8 Å². The molecule has 1 N–H and O–H groups in total. The molecule has 0 bridgehead atoms. The van der Waals surface area contributed by atoms with Crippen LogP contribution in [0.25, 0.3) is 0 Å². The standard InChI is InChI=1S/C21H23N3O3/c1-5-27-21(26)14(2)19(24-16-9-7-6-8-10-16)17-13-15(20(25)23-4)11-12-18(17)22-3/h6-14H,3,5H2,1-2,4H3,(H,23,25). The number of benzene rings is 2. The molecule has 1 atom stereocenters. The number of ether oxygens (including phenoxy) is 1. The average Bonchev–Trinajstić information content (AvgIpc) is 2.71. The fraction of sp³-hybridized carbons (Fsp3) is 0.238. The zero-order valence-electron chi connectivity index (χ0n) is 15.7. The average molecular weight is 365 g/mol. The summed E-state index contributed by atoms with van der Waals surface area (Å²) in [6.45, 7) is 7.34. The molecular formula is C21H23N3O3. The number of amides is 1. The third-order valence-corrected chi connectivity index (χ3v) is 3.99. The second kappa shape index (κ2) is 9.43. The predicted molar refractivity (Wildman–Crippen MR) is 107 cm³/mol. The monoisotopic (exact) mass is 365 g/mol. The number of hydrogen-bond acceptors (Lipinski definition) is 5. The highest BCUT2D eigenvalue weighted by Crippen LogP contribution is 2.27. The van der Waals surface area contributed by atoms with Gasteiger partial charge in [0.05, 0.1) is 29.6 Å². The van der Waals surface area contributed by atoms with Crippen molar-refractivity contribution in [1.29, 1.82) is 0 Å². The Kier molecular flexibility index (Phi) is 7.00. The smallest absolute Gasteiger partial charge is 0.314 e. The SMILES string of the molecule is C=Nc1ccc(C(=O)NC)cc1C(=Nc1ccccc1)C(C)C(=O)OCC. The van der Waals surface area contributed by atoms with Gasteiger partial charge in [-0.2, -0.15) is 0 Å². The second-order valence-electron chi connectivity index (χ2n) is 5.78. The van der Waals surface area contributed by atoms with Gasteiger partial charge in [0.15, 0.2) is 0 Å². The highest BCUT2D eigenvalue weighted by molar-refractivity contribution is 6.15. The molecule has 0 aliphatic carbocycles. The molecule has 2 aromatic carbocycles. The molecule has 6 heteroatoms. The molecule has 2 rings (SSSR count). The van der Waals surface area contributed by atoms with E-state index in [9.17, 15) is 9.59 Å². The van der Waals surface area contributed by atoms with Gasteiger partial charge in [0.1, 0.15) is 0 Å². The van der Waals surface area contributed by atoms with Crippen LogP contribution in [0.3, 0.4) is 0 Å². The van der Waals surface area contributed by atoms with Crippen molar-refractivity contribution >= 4 is 35.7 Å². The van der Waals surface area contributed by atoms with E-state index < -0.39 is 11.9 Å². The summed E-state index contributed by atoms with van der Waals surface area (Å²) >= 11 is 0. The Hall–Kier alpha value is -3.28. The van der Waals surface area contributed by atoms with E-state index in [1.54, 1.807) is 39.1 Å². The first-order valence-electron chi connectivity index (χ1n) is 8.65. The first kappa shape index (κ1) is 20.0. The summed E-state index contributed by atoms with van der Waals surface area (Å²) in [6.07, 6.45) is 0. The predicted octanol–water partition coefficient (Wildman–Crippen LogP) is 3.70. The molecule has 0 spiro atoms. The topological polar surface area (TPSA) is 80.1 Å². The quantitative estimate of drug-likeness (QED) is 0.600. The van der Waals surface area contributed by atoms with Crippen molar-refractivity contribution in [2.24, 2.45) is 15.9 Å². The third kappa shape index (κ3) is 4.88. The lowest BCUT2D eigenvalue weighted by atomic mass is 9.94. The zero-order valence-corrected chi connectivity index (χ0v) is 15.7. The maximum Gasteiger partial charge on any atom is 0.314 e. The summed E-state index contributed by atoms with van der Waals surface area (Å²) in [4.78, 5) is 33.2. The van der Waals surface area contributed by atoms with Crippen molar-refractivity contribution in [2.75, 3.05) is 13.7 Å². The van der Waals surface area contributed by atoms with Crippen molar-refractivity contribution in [3.63, 3.8) is 0 Å². The number of nitrogens with zero attached hydrogens (tertiary/aromatic N) is 2. The van der Waals surface area contributed by atoms with Crippen molar-refractivity contribution in [3.05, 3.63) is 59.7 Å². The van der Waals surface area contributed by atoms with Crippen LogP contribution in [0.5, 0.6) is 0 Å². The van der Waals surface area contributed by atoms with Crippen LogP contribution in [0.15, 0.2) is 58.5 Å². The van der Waals surface area contributed by atoms with Gasteiger partial charge in [-0.1, -0.05) is 18.2 Å². The Labute approximate surface area is 159 Å². The van der Waals surface area contributed by atoms with Gasteiger partial charge in [-0.15, -0.1) is 0 Å². The van der Waals surface area contributed by atoms with Crippen molar-refractivity contribution in [3.8, 4) is 0 Å². The van der Waals surface area contributed by atoms with Crippen LogP contribution in [0.4, 0.5) is 11.4 Å². The number of carbonyl (C=O) groups is 2. The van der Waals surface area contributed by atoms with E-state index >= 15 is 0 Å². The van der Waals surface area contributed by atoms with Gasteiger partial charge < -0.3 is 10.1 Å². The maximum atomic E-state index is 12.4. The van der Waals surface area contributed by atoms with E-state index in [0.29, 0.717) is 28.2 Å². The Morgan fingerprint density at radius 1 is 1.19 bits per heavy atom. The molecule has 0 aromatic heterocycles. The van der Waals surface area contributed by atoms with E-state index in [2.05, 4.69) is 22.0 Å². The third-order valence-electron chi connectivity index (χ3n) is 3.99. The van der Waals surface area contributed by atoms with Gasteiger partial charge in [0.2, 0.25) is 0 Å². The Morgan fingerprint density at radius 3 is 2.48 bits per heavy atom. The summed E-state index contributed by atoms with van der Waals surface area (Å²) < 4.78 is 5.17. The molecule has 6 nitrogen and oxygen atoms in total. The Bertz CT molecular complexity index is 860. The van der Waals surface area contributed by atoms with E-state index in [1.807, 2.05) is 30.3 Å². The van der Waals surface area contributed by atoms with Crippen molar-refractivity contribution < 1.29 is 14.3 Å². The molecule has 1 unspecified atom stereocenters. The summed E-state index contributed by atoms with van der Waals surface area (Å²) in [6, 6.07) is 14.3. The van der Waals surface area contributed by atoms with E-state index in [4.69, 9.17) is 4.74 Å². The first-order chi connectivity index (χ1) is 13.0. The van der Waals surface area contributed by atoms with Crippen LogP contribution < -0.4 is 5.32 Å². The van der Waals surface area contributed by atoms with Crippen LogP contribution in [-0.2, 0) is 9.53 Å². The summed E-state index contributed by atoms with van der Waals surface area (Å²) in [5, 5.41) is 2.59. The molecule has 2 aromatic rings. The van der Waals surface area contributed by atoms with Gasteiger partial charge in [-0.25, -0.2) is 0 Å². The van der Waals surface area contributed by atoms with Crippen molar-refractivity contribution in [2.45, 2.75) is 13.8 Å². The summed E-state index contributed by atoms with van der Waals surface area (Å²) in [5.74, 6) is -1.28. The Balaban J connectivity index is 2.65. The maximum absolute atomic E-state index is 12.4. The number of carbonyl (C=O) groups excluding carboxylic acids is 2. The first-order valence-corrected chi connectivity index (χ1v) is 8.65. The van der Waals surface area contributed by atoms with Crippen LogP contribution in [0.2, 0.25) is 0 Å². The number of hydrogen-bond donors (Lipinski definition) is 1. The second-order valence-corrected chi connectivity index (χ2v) is 5.78. The number of esters is 1. The molecule has 0 radical (unpaired) electrons. The fourth-order valence-corrected chi connectivity index (χ4v) is 2.58. The minimum absolute atomic E-state index is 0.241. The molecule has 27 heavy (non-hydrogen) atoms. The van der Waals surface area contributed by atoms with E-state index in [0.717, 1.165) is 0 Å². The van der Waals surface area contributed by atoms with Crippen LogP contribution in [-0.4, -0.2) is 38.0 Å². The lowest BCUT2D eigenvalue weighted by molar-refractivity contribution is -0.145.